The number of aryl methyl sites for hydroxylation is 1. The molecule has 0 amide bonds. The van der Waals surface area contributed by atoms with Gasteiger partial charge >= 0.3 is 0 Å². The number of fused-ring (bicyclic) bond motifs is 1. The first kappa shape index (κ1) is 13.9. The average molecular weight is 308 g/mol. The van der Waals surface area contributed by atoms with E-state index in [-0.39, 0.29) is 0 Å². The number of halogens is 1. The van der Waals surface area contributed by atoms with Crippen LogP contribution in [0.15, 0.2) is 30.3 Å². The number of ether oxygens (including phenoxy) is 1. The van der Waals surface area contributed by atoms with E-state index in [0.717, 1.165) is 27.9 Å². The van der Waals surface area contributed by atoms with E-state index in [1.807, 2.05) is 12.1 Å². The Labute approximate surface area is 128 Å². The number of benzene rings is 1. The van der Waals surface area contributed by atoms with E-state index in [1.165, 1.54) is 17.5 Å². The molecule has 3 rings (SSSR count). The van der Waals surface area contributed by atoms with Crippen LogP contribution in [0.3, 0.4) is 0 Å². The Balaban J connectivity index is 1.67. The van der Waals surface area contributed by atoms with Gasteiger partial charge in [-0.3, -0.25) is 0 Å². The maximum Gasteiger partial charge on any atom is 0.122 e. The van der Waals surface area contributed by atoms with E-state index in [9.17, 15) is 0 Å². The van der Waals surface area contributed by atoms with Gasteiger partial charge in [-0.05, 0) is 54.8 Å². The lowest BCUT2D eigenvalue weighted by Gasteiger charge is -2.13. The maximum atomic E-state index is 5.92. The van der Waals surface area contributed by atoms with Crippen LogP contribution >= 0.6 is 22.9 Å². The van der Waals surface area contributed by atoms with Crippen molar-refractivity contribution < 1.29 is 4.74 Å². The van der Waals surface area contributed by atoms with Crippen molar-refractivity contribution in [2.45, 2.75) is 32.4 Å². The largest absolute Gasteiger partial charge is 0.488 e. The molecule has 0 saturated carbocycles. The van der Waals surface area contributed by atoms with E-state index in [0.29, 0.717) is 12.6 Å². The topological polar surface area (TPSA) is 21.3 Å². The van der Waals surface area contributed by atoms with Gasteiger partial charge in [0.25, 0.3) is 0 Å². The van der Waals surface area contributed by atoms with Gasteiger partial charge in [0.05, 0.1) is 4.34 Å². The van der Waals surface area contributed by atoms with Crippen LogP contribution in [-0.4, -0.2) is 6.54 Å². The van der Waals surface area contributed by atoms with Crippen molar-refractivity contribution in [2.24, 2.45) is 0 Å². The summed E-state index contributed by atoms with van der Waals surface area (Å²) in [4.78, 5) is 1.15. The van der Waals surface area contributed by atoms with Crippen molar-refractivity contribution >= 4 is 22.9 Å². The molecular weight excluding hydrogens is 290 g/mol. The molecule has 2 aromatic rings. The molecule has 1 atom stereocenters. The number of nitrogens with one attached hydrogen (secondary N) is 1. The van der Waals surface area contributed by atoms with Gasteiger partial charge in [-0.2, -0.15) is 0 Å². The smallest absolute Gasteiger partial charge is 0.122 e. The summed E-state index contributed by atoms with van der Waals surface area (Å²) in [5.74, 6) is 0.949. The molecule has 1 unspecified atom stereocenters. The van der Waals surface area contributed by atoms with Crippen LogP contribution in [0.25, 0.3) is 0 Å². The predicted octanol–water partition coefficient (Wildman–Crippen LogP) is 4.58. The molecule has 1 aromatic heterocycles. The fraction of sp³-hybridized carbons (Fsp3) is 0.375. The standard InChI is InChI=1S/C16H18ClNOS/c1-2-18-15-7-3-11-9-12(4-6-14(11)15)19-10-13-5-8-16(17)20-13/h4-6,8-9,15,18H,2-3,7,10H2,1H3. The minimum Gasteiger partial charge on any atom is -0.488 e. The molecule has 0 aliphatic heterocycles. The first-order valence-electron chi connectivity index (χ1n) is 6.99. The summed E-state index contributed by atoms with van der Waals surface area (Å²) >= 11 is 7.49. The Morgan fingerprint density at radius 3 is 3.00 bits per heavy atom. The van der Waals surface area contributed by atoms with Gasteiger partial charge in [0.15, 0.2) is 0 Å². The minimum absolute atomic E-state index is 0.514. The molecule has 106 valence electrons. The zero-order chi connectivity index (χ0) is 13.9. The van der Waals surface area contributed by atoms with Gasteiger partial charge < -0.3 is 10.1 Å². The van der Waals surface area contributed by atoms with E-state index >= 15 is 0 Å². The van der Waals surface area contributed by atoms with Crippen LogP contribution in [0.2, 0.25) is 4.34 Å². The Hall–Kier alpha value is -1.03. The number of hydrogen-bond acceptors (Lipinski definition) is 3. The van der Waals surface area contributed by atoms with Crippen LogP contribution < -0.4 is 10.1 Å². The van der Waals surface area contributed by atoms with E-state index in [4.69, 9.17) is 16.3 Å². The highest BCUT2D eigenvalue weighted by molar-refractivity contribution is 7.16. The molecule has 2 nitrogen and oxygen atoms in total. The van der Waals surface area contributed by atoms with Crippen molar-refractivity contribution in [1.82, 2.24) is 5.32 Å². The van der Waals surface area contributed by atoms with Crippen molar-refractivity contribution in [3.63, 3.8) is 0 Å². The lowest BCUT2D eigenvalue weighted by molar-refractivity contribution is 0.309. The summed E-state index contributed by atoms with van der Waals surface area (Å²) in [6.45, 7) is 3.76. The van der Waals surface area contributed by atoms with E-state index in [2.05, 4.69) is 30.4 Å². The third-order valence-electron chi connectivity index (χ3n) is 3.65. The second-order valence-corrected chi connectivity index (χ2v) is 6.80. The van der Waals surface area contributed by atoms with Gasteiger partial charge in [-0.15, -0.1) is 11.3 Å². The molecule has 0 radical (unpaired) electrons. The van der Waals surface area contributed by atoms with Gasteiger partial charge in [-0.1, -0.05) is 24.6 Å². The van der Waals surface area contributed by atoms with Crippen molar-refractivity contribution in [2.75, 3.05) is 6.54 Å². The summed E-state index contributed by atoms with van der Waals surface area (Å²) in [5, 5.41) is 3.53. The molecule has 20 heavy (non-hydrogen) atoms. The summed E-state index contributed by atoms with van der Waals surface area (Å²) in [6.07, 6.45) is 2.32. The van der Waals surface area contributed by atoms with Gasteiger partial charge in [0, 0.05) is 10.9 Å². The van der Waals surface area contributed by atoms with Gasteiger partial charge in [-0.25, -0.2) is 0 Å². The number of hydrogen-bond donors (Lipinski definition) is 1. The molecule has 4 heteroatoms. The highest BCUT2D eigenvalue weighted by atomic mass is 35.5. The van der Waals surface area contributed by atoms with E-state index in [1.54, 1.807) is 11.3 Å². The molecule has 1 aromatic carbocycles. The van der Waals surface area contributed by atoms with Crippen molar-refractivity contribution in [3.05, 3.63) is 50.7 Å². The second kappa shape index (κ2) is 6.17. The Morgan fingerprint density at radius 2 is 2.25 bits per heavy atom. The third kappa shape index (κ3) is 3.00. The fourth-order valence-electron chi connectivity index (χ4n) is 2.73. The van der Waals surface area contributed by atoms with Crippen LogP contribution in [-0.2, 0) is 13.0 Å². The number of thiophene rings is 1. The second-order valence-electron chi connectivity index (χ2n) is 5.00. The van der Waals surface area contributed by atoms with Crippen LogP contribution in [0.1, 0.15) is 35.4 Å². The SMILES string of the molecule is CCNC1CCc2cc(OCc3ccc(Cl)s3)ccc21. The third-order valence-corrected chi connectivity index (χ3v) is 4.86. The molecule has 1 aliphatic rings. The van der Waals surface area contributed by atoms with Gasteiger partial charge in [0.1, 0.15) is 12.4 Å². The molecule has 1 heterocycles. The summed E-state index contributed by atoms with van der Waals surface area (Å²) < 4.78 is 6.67. The molecule has 0 saturated heterocycles. The Morgan fingerprint density at radius 1 is 1.35 bits per heavy atom. The quantitative estimate of drug-likeness (QED) is 0.873. The molecule has 1 aliphatic carbocycles. The fourth-order valence-corrected chi connectivity index (χ4v) is 3.73. The van der Waals surface area contributed by atoms with Crippen LogP contribution in [0.4, 0.5) is 0 Å². The monoisotopic (exact) mass is 307 g/mol. The Bertz CT molecular complexity index is 596. The molecule has 0 fully saturated rings. The normalized spacial score (nSPS) is 17.2. The molecule has 1 N–H and O–H groups in total. The maximum absolute atomic E-state index is 5.92. The molecular formula is C16H18ClNOS. The minimum atomic E-state index is 0.514. The van der Waals surface area contributed by atoms with Crippen molar-refractivity contribution in [3.8, 4) is 5.75 Å². The van der Waals surface area contributed by atoms with Crippen LogP contribution in [0, 0.1) is 0 Å². The van der Waals surface area contributed by atoms with E-state index < -0.39 is 0 Å². The van der Waals surface area contributed by atoms with Crippen molar-refractivity contribution in [1.29, 1.82) is 0 Å². The average Bonchev–Trinajstić information content (AvgIpc) is 3.04. The van der Waals surface area contributed by atoms with Crippen LogP contribution in [0.5, 0.6) is 5.75 Å². The zero-order valence-corrected chi connectivity index (χ0v) is 13.1. The summed E-state index contributed by atoms with van der Waals surface area (Å²) in [7, 11) is 0. The zero-order valence-electron chi connectivity index (χ0n) is 11.5. The summed E-state index contributed by atoms with van der Waals surface area (Å²) in [6, 6.07) is 10.9. The van der Waals surface area contributed by atoms with Gasteiger partial charge in [0.2, 0.25) is 0 Å². The lowest BCUT2D eigenvalue weighted by Crippen LogP contribution is -2.18. The highest BCUT2D eigenvalue weighted by Crippen LogP contribution is 2.33. The number of rotatable bonds is 5. The summed E-state index contributed by atoms with van der Waals surface area (Å²) in [5.41, 5.74) is 2.84. The molecule has 0 bridgehead atoms. The Kier molecular flexibility index (Phi) is 4.29. The lowest BCUT2D eigenvalue weighted by atomic mass is 10.1. The first-order chi connectivity index (χ1) is 9.76. The first-order valence-corrected chi connectivity index (χ1v) is 8.19. The predicted molar refractivity (Wildman–Crippen MR) is 84.8 cm³/mol. The molecule has 0 spiro atoms. The highest BCUT2D eigenvalue weighted by Gasteiger charge is 2.21.